The molecule has 0 spiro atoms. The summed E-state index contributed by atoms with van der Waals surface area (Å²) in [5, 5.41) is 5.60. The van der Waals surface area contributed by atoms with Crippen molar-refractivity contribution in [1.82, 2.24) is 15.0 Å². The van der Waals surface area contributed by atoms with Crippen LogP contribution in [0.25, 0.3) is 21.8 Å². The van der Waals surface area contributed by atoms with Gasteiger partial charge in [-0.05, 0) is 29.0 Å². The second-order valence-electron chi connectivity index (χ2n) is 8.95. The van der Waals surface area contributed by atoms with Crippen molar-refractivity contribution in [3.8, 4) is 17.5 Å². The number of pyridine rings is 1. The summed E-state index contributed by atoms with van der Waals surface area (Å²) in [6.07, 6.45) is 0. The standard InChI is InChI=1S/C27H26N4O2/c1-27(2,3)19-11-7-8-12-22(19)33-25-21(15-16-23(30-25)32-4)29-26-28-20-14-13-17-9-5-6-10-18(17)24(20)31-26/h5-16H,1-4H3,(H2,28,29,31). The average molecular weight is 439 g/mol. The first-order valence-electron chi connectivity index (χ1n) is 10.9. The highest BCUT2D eigenvalue weighted by atomic mass is 16.5. The van der Waals surface area contributed by atoms with Crippen molar-refractivity contribution < 1.29 is 9.47 Å². The molecule has 6 heteroatoms. The lowest BCUT2D eigenvalue weighted by Gasteiger charge is -2.23. The number of hydrogen-bond donors (Lipinski definition) is 2. The Balaban J connectivity index is 1.54. The number of nitrogens with one attached hydrogen (secondary N) is 2. The molecular weight excluding hydrogens is 412 g/mol. The third-order valence-electron chi connectivity index (χ3n) is 5.58. The van der Waals surface area contributed by atoms with E-state index in [9.17, 15) is 0 Å². The number of hydrogen-bond acceptors (Lipinski definition) is 5. The lowest BCUT2D eigenvalue weighted by Crippen LogP contribution is -2.12. The van der Waals surface area contributed by atoms with E-state index in [0.717, 1.165) is 33.1 Å². The highest BCUT2D eigenvalue weighted by molar-refractivity contribution is 6.04. The van der Waals surface area contributed by atoms with Gasteiger partial charge in [0.1, 0.15) is 11.4 Å². The van der Waals surface area contributed by atoms with E-state index in [-0.39, 0.29) is 5.41 Å². The molecule has 0 saturated carbocycles. The van der Waals surface area contributed by atoms with E-state index < -0.39 is 0 Å². The number of aromatic nitrogens is 3. The molecule has 0 radical (unpaired) electrons. The van der Waals surface area contributed by atoms with Crippen LogP contribution >= 0.6 is 0 Å². The van der Waals surface area contributed by atoms with E-state index in [1.165, 1.54) is 0 Å². The third-order valence-corrected chi connectivity index (χ3v) is 5.58. The maximum absolute atomic E-state index is 6.33. The van der Waals surface area contributed by atoms with Crippen molar-refractivity contribution >= 4 is 33.4 Å². The molecule has 0 aliphatic rings. The van der Waals surface area contributed by atoms with Gasteiger partial charge in [0.15, 0.2) is 0 Å². The van der Waals surface area contributed by atoms with Crippen LogP contribution in [0.2, 0.25) is 0 Å². The Morgan fingerprint density at radius 2 is 1.64 bits per heavy atom. The Hall–Kier alpha value is -4.06. The summed E-state index contributed by atoms with van der Waals surface area (Å²) < 4.78 is 11.7. The van der Waals surface area contributed by atoms with Crippen LogP contribution in [0.4, 0.5) is 11.6 Å². The van der Waals surface area contributed by atoms with Gasteiger partial charge >= 0.3 is 0 Å². The molecule has 0 atom stereocenters. The summed E-state index contributed by atoms with van der Waals surface area (Å²) in [5.41, 5.74) is 3.57. The summed E-state index contributed by atoms with van der Waals surface area (Å²) in [6, 6.07) is 24.0. The molecule has 6 nitrogen and oxygen atoms in total. The van der Waals surface area contributed by atoms with Crippen LogP contribution in [0, 0.1) is 0 Å². The molecule has 0 amide bonds. The normalized spacial score (nSPS) is 11.6. The number of benzene rings is 3. The lowest BCUT2D eigenvalue weighted by atomic mass is 9.86. The molecule has 0 bridgehead atoms. The quantitative estimate of drug-likeness (QED) is 0.310. The van der Waals surface area contributed by atoms with Crippen molar-refractivity contribution in [3.05, 3.63) is 78.4 Å². The van der Waals surface area contributed by atoms with E-state index >= 15 is 0 Å². The molecule has 5 aromatic rings. The Bertz CT molecular complexity index is 1450. The summed E-state index contributed by atoms with van der Waals surface area (Å²) in [7, 11) is 1.59. The maximum Gasteiger partial charge on any atom is 0.246 e. The number of ether oxygens (including phenoxy) is 2. The Morgan fingerprint density at radius 3 is 2.45 bits per heavy atom. The number of rotatable bonds is 5. The van der Waals surface area contributed by atoms with Crippen LogP contribution in [0.5, 0.6) is 17.5 Å². The van der Waals surface area contributed by atoms with Crippen molar-refractivity contribution in [2.75, 3.05) is 12.4 Å². The first-order chi connectivity index (χ1) is 15.9. The third kappa shape index (κ3) is 4.07. The van der Waals surface area contributed by atoms with Gasteiger partial charge in [-0.1, -0.05) is 69.3 Å². The number of aromatic amines is 1. The maximum atomic E-state index is 6.33. The number of H-pyrrole nitrogens is 1. The van der Waals surface area contributed by atoms with Crippen LogP contribution in [0.15, 0.2) is 72.8 Å². The van der Waals surface area contributed by atoms with Crippen molar-refractivity contribution in [2.45, 2.75) is 26.2 Å². The number of imidazole rings is 1. The average Bonchev–Trinajstić information content (AvgIpc) is 3.23. The van der Waals surface area contributed by atoms with Gasteiger partial charge in [0.05, 0.1) is 18.1 Å². The zero-order chi connectivity index (χ0) is 23.0. The zero-order valence-electron chi connectivity index (χ0n) is 19.1. The summed E-state index contributed by atoms with van der Waals surface area (Å²) >= 11 is 0. The highest BCUT2D eigenvalue weighted by Crippen LogP contribution is 2.37. The Morgan fingerprint density at radius 1 is 0.848 bits per heavy atom. The van der Waals surface area contributed by atoms with Gasteiger partial charge in [0.25, 0.3) is 0 Å². The number of anilines is 2. The second-order valence-corrected chi connectivity index (χ2v) is 8.95. The van der Waals surface area contributed by atoms with E-state index in [2.05, 4.69) is 60.3 Å². The molecule has 5 rings (SSSR count). The summed E-state index contributed by atoms with van der Waals surface area (Å²) in [5.74, 6) is 2.25. The van der Waals surface area contributed by atoms with Crippen molar-refractivity contribution in [2.24, 2.45) is 0 Å². The minimum Gasteiger partial charge on any atom is -0.481 e. The van der Waals surface area contributed by atoms with Gasteiger partial charge < -0.3 is 19.8 Å². The lowest BCUT2D eigenvalue weighted by molar-refractivity contribution is 0.381. The van der Waals surface area contributed by atoms with Crippen LogP contribution < -0.4 is 14.8 Å². The van der Waals surface area contributed by atoms with Crippen LogP contribution in [-0.4, -0.2) is 22.1 Å². The van der Waals surface area contributed by atoms with Gasteiger partial charge in [-0.3, -0.25) is 0 Å². The molecule has 0 fully saturated rings. The number of nitrogens with zero attached hydrogens (tertiary/aromatic N) is 2. The molecule has 0 saturated heterocycles. The molecule has 0 unspecified atom stereocenters. The zero-order valence-corrected chi connectivity index (χ0v) is 19.1. The van der Waals surface area contributed by atoms with Crippen LogP contribution in [-0.2, 0) is 5.41 Å². The van der Waals surface area contributed by atoms with Gasteiger partial charge in [0, 0.05) is 17.0 Å². The van der Waals surface area contributed by atoms with Gasteiger partial charge in [-0.15, -0.1) is 0 Å². The highest BCUT2D eigenvalue weighted by Gasteiger charge is 2.20. The predicted octanol–water partition coefficient (Wildman–Crippen LogP) is 6.95. The molecule has 2 N–H and O–H groups in total. The van der Waals surface area contributed by atoms with E-state index in [1.54, 1.807) is 13.2 Å². The number of para-hydroxylation sites is 1. The van der Waals surface area contributed by atoms with Crippen molar-refractivity contribution in [1.29, 1.82) is 0 Å². The fourth-order valence-corrected chi connectivity index (χ4v) is 3.92. The van der Waals surface area contributed by atoms with Gasteiger partial charge in [0.2, 0.25) is 17.7 Å². The monoisotopic (exact) mass is 438 g/mol. The second kappa shape index (κ2) is 8.13. The molecule has 166 valence electrons. The fraction of sp³-hybridized carbons (Fsp3) is 0.185. The first kappa shape index (κ1) is 20.8. The Labute approximate surface area is 192 Å². The molecule has 33 heavy (non-hydrogen) atoms. The van der Waals surface area contributed by atoms with E-state index in [1.807, 2.05) is 42.5 Å². The molecule has 0 aliphatic carbocycles. The number of methoxy groups -OCH3 is 1. The first-order valence-corrected chi connectivity index (χ1v) is 10.9. The van der Waals surface area contributed by atoms with Crippen molar-refractivity contribution in [3.63, 3.8) is 0 Å². The molecule has 2 heterocycles. The minimum atomic E-state index is -0.0805. The largest absolute Gasteiger partial charge is 0.481 e. The minimum absolute atomic E-state index is 0.0805. The van der Waals surface area contributed by atoms with E-state index in [4.69, 9.17) is 14.5 Å². The predicted molar refractivity (Wildman–Crippen MR) is 133 cm³/mol. The molecule has 3 aromatic carbocycles. The SMILES string of the molecule is COc1ccc(Nc2nc3c(ccc4ccccc43)[nH]2)c(Oc2ccccc2C(C)(C)C)n1. The van der Waals surface area contributed by atoms with Crippen LogP contribution in [0.3, 0.4) is 0 Å². The van der Waals surface area contributed by atoms with E-state index in [0.29, 0.717) is 23.4 Å². The van der Waals surface area contributed by atoms with Crippen LogP contribution in [0.1, 0.15) is 26.3 Å². The summed E-state index contributed by atoms with van der Waals surface area (Å²) in [4.78, 5) is 12.7. The topological polar surface area (TPSA) is 72.1 Å². The smallest absolute Gasteiger partial charge is 0.246 e. The van der Waals surface area contributed by atoms with Gasteiger partial charge in [-0.25, -0.2) is 4.98 Å². The number of fused-ring (bicyclic) bond motifs is 3. The molecule has 2 aromatic heterocycles. The molecular formula is C27H26N4O2. The molecule has 0 aliphatic heterocycles. The van der Waals surface area contributed by atoms with Gasteiger partial charge in [-0.2, -0.15) is 4.98 Å². The Kier molecular flexibility index (Phi) is 5.13. The summed E-state index contributed by atoms with van der Waals surface area (Å²) in [6.45, 7) is 6.48. The fourth-order valence-electron chi connectivity index (χ4n) is 3.92.